The van der Waals surface area contributed by atoms with Gasteiger partial charge in [-0.2, -0.15) is 0 Å². The molecule has 0 aromatic rings. The van der Waals surface area contributed by atoms with Gasteiger partial charge < -0.3 is 31.3 Å². The van der Waals surface area contributed by atoms with Gasteiger partial charge in [0, 0.05) is 10.5 Å². The van der Waals surface area contributed by atoms with Gasteiger partial charge in [-0.05, 0) is 0 Å². The predicted octanol–water partition coefficient (Wildman–Crippen LogP) is -0.126. The fraction of sp³-hybridized carbons (Fsp3) is 0.692. The summed E-state index contributed by atoms with van der Waals surface area (Å²) in [5, 5.41) is 21.7. The molecular formula is C13H23N3O7S2. The Balaban J connectivity index is 4.64. The van der Waals surface area contributed by atoms with E-state index in [0.29, 0.717) is 0 Å². The standard InChI is InChI=1S/C13H23N3O7S2/c1-13(2,3)25-24-6-8(10(19)15-4-9(17)18)16-12(22)23-5-7(14)11(20)21/h7-8H,4-6,14H2,1-3H3,(H,15,19)(H,16,22)(H,17,18)(H,20,21)/t7-,8-/m0/s1. The molecule has 0 saturated heterocycles. The van der Waals surface area contributed by atoms with Gasteiger partial charge in [0.25, 0.3) is 0 Å². The number of aliphatic carboxylic acids is 2. The van der Waals surface area contributed by atoms with Crippen molar-refractivity contribution in [2.45, 2.75) is 37.6 Å². The number of nitrogens with two attached hydrogens (primary N) is 1. The van der Waals surface area contributed by atoms with Crippen molar-refractivity contribution in [1.29, 1.82) is 0 Å². The van der Waals surface area contributed by atoms with E-state index in [-0.39, 0.29) is 10.5 Å². The minimum atomic E-state index is -1.38. The van der Waals surface area contributed by atoms with Gasteiger partial charge in [-0.15, -0.1) is 0 Å². The van der Waals surface area contributed by atoms with Crippen LogP contribution in [0.5, 0.6) is 0 Å². The molecule has 0 heterocycles. The fourth-order valence-electron chi connectivity index (χ4n) is 1.17. The van der Waals surface area contributed by atoms with Crippen molar-refractivity contribution in [2.24, 2.45) is 5.73 Å². The highest BCUT2D eigenvalue weighted by atomic mass is 33.1. The molecule has 0 unspecified atom stereocenters. The van der Waals surface area contributed by atoms with Crippen molar-refractivity contribution in [2.75, 3.05) is 18.9 Å². The quantitative estimate of drug-likeness (QED) is 0.313. The Bertz CT molecular complexity index is 497. The molecule has 0 saturated carbocycles. The molecule has 0 aliphatic heterocycles. The molecule has 2 amide bonds. The van der Waals surface area contributed by atoms with Crippen LogP contribution in [0.1, 0.15) is 20.8 Å². The van der Waals surface area contributed by atoms with E-state index < -0.39 is 49.2 Å². The number of hydrogen-bond acceptors (Lipinski definition) is 8. The Morgan fingerprint density at radius 2 is 1.80 bits per heavy atom. The van der Waals surface area contributed by atoms with Crippen molar-refractivity contribution in [1.82, 2.24) is 10.6 Å². The van der Waals surface area contributed by atoms with Gasteiger partial charge in [-0.3, -0.25) is 14.4 Å². The summed E-state index contributed by atoms with van der Waals surface area (Å²) in [4.78, 5) is 44.8. The van der Waals surface area contributed by atoms with Crippen LogP contribution in [-0.4, -0.2) is 69.9 Å². The molecule has 10 nitrogen and oxygen atoms in total. The number of carbonyl (C=O) groups excluding carboxylic acids is 2. The number of carboxylic acid groups (broad SMARTS) is 2. The molecule has 0 bridgehead atoms. The van der Waals surface area contributed by atoms with Crippen molar-refractivity contribution in [3.05, 3.63) is 0 Å². The van der Waals surface area contributed by atoms with Crippen LogP contribution in [0.15, 0.2) is 0 Å². The van der Waals surface area contributed by atoms with Gasteiger partial charge in [0.05, 0.1) is 0 Å². The van der Waals surface area contributed by atoms with E-state index in [2.05, 4.69) is 15.4 Å². The van der Waals surface area contributed by atoms with Gasteiger partial charge in [0.1, 0.15) is 25.2 Å². The Morgan fingerprint density at radius 1 is 1.20 bits per heavy atom. The molecule has 0 aliphatic rings. The number of hydrogen-bond donors (Lipinski definition) is 5. The van der Waals surface area contributed by atoms with Crippen molar-refractivity contribution < 1.29 is 34.1 Å². The SMILES string of the molecule is CC(C)(C)SSC[C@H](NC(=O)OC[C@H](N)C(=O)O)C(=O)NCC(=O)O. The first kappa shape index (κ1) is 23.3. The van der Waals surface area contributed by atoms with E-state index in [9.17, 15) is 19.2 Å². The summed E-state index contributed by atoms with van der Waals surface area (Å²) in [5.41, 5.74) is 5.21. The van der Waals surface area contributed by atoms with E-state index in [1.54, 1.807) is 0 Å². The monoisotopic (exact) mass is 397 g/mol. The summed E-state index contributed by atoms with van der Waals surface area (Å²) >= 11 is 0. The second-order valence-electron chi connectivity index (χ2n) is 5.83. The van der Waals surface area contributed by atoms with E-state index in [0.717, 1.165) is 0 Å². The summed E-state index contributed by atoms with van der Waals surface area (Å²) < 4.78 is 4.57. The van der Waals surface area contributed by atoms with E-state index in [1.807, 2.05) is 20.8 Å². The average Bonchev–Trinajstić information content (AvgIpc) is 2.47. The van der Waals surface area contributed by atoms with Crippen LogP contribution in [0, 0.1) is 0 Å². The summed E-state index contributed by atoms with van der Waals surface area (Å²) in [6.45, 7) is 4.76. The van der Waals surface area contributed by atoms with Crippen molar-refractivity contribution in [3.63, 3.8) is 0 Å². The lowest BCUT2D eigenvalue weighted by atomic mass is 10.3. The van der Waals surface area contributed by atoms with E-state index in [4.69, 9.17) is 15.9 Å². The van der Waals surface area contributed by atoms with Gasteiger partial charge in [0.15, 0.2) is 0 Å². The molecule has 25 heavy (non-hydrogen) atoms. The van der Waals surface area contributed by atoms with Gasteiger partial charge >= 0.3 is 18.0 Å². The van der Waals surface area contributed by atoms with Crippen LogP contribution in [0.3, 0.4) is 0 Å². The number of nitrogens with one attached hydrogen (secondary N) is 2. The molecule has 0 spiro atoms. The Labute approximate surface area is 153 Å². The molecular weight excluding hydrogens is 374 g/mol. The highest BCUT2D eigenvalue weighted by Gasteiger charge is 2.24. The minimum Gasteiger partial charge on any atom is -0.480 e. The highest BCUT2D eigenvalue weighted by Crippen LogP contribution is 2.35. The molecule has 2 atom stereocenters. The fourth-order valence-corrected chi connectivity index (χ4v) is 3.63. The number of ether oxygens (including phenoxy) is 1. The zero-order valence-corrected chi connectivity index (χ0v) is 15.7. The maximum Gasteiger partial charge on any atom is 0.407 e. The lowest BCUT2D eigenvalue weighted by molar-refractivity contribution is -0.139. The van der Waals surface area contributed by atoms with Crippen molar-refractivity contribution >= 4 is 45.5 Å². The Hall–Kier alpha value is -1.66. The van der Waals surface area contributed by atoms with Crippen molar-refractivity contribution in [3.8, 4) is 0 Å². The van der Waals surface area contributed by atoms with Crippen LogP contribution in [0.2, 0.25) is 0 Å². The molecule has 0 fully saturated rings. The molecule has 144 valence electrons. The maximum absolute atomic E-state index is 12.0. The first-order valence-corrected chi connectivity index (χ1v) is 9.46. The third-order valence-corrected chi connectivity index (χ3v) is 5.63. The zero-order chi connectivity index (χ0) is 19.6. The summed E-state index contributed by atoms with van der Waals surface area (Å²) in [7, 11) is 2.80. The number of rotatable bonds is 10. The Kier molecular flexibility index (Phi) is 10.3. The molecule has 0 aromatic heterocycles. The molecule has 0 radical (unpaired) electrons. The summed E-state index contributed by atoms with van der Waals surface area (Å²) in [5.74, 6) is -3.09. The lowest BCUT2D eigenvalue weighted by Crippen LogP contribution is -2.50. The topological polar surface area (TPSA) is 168 Å². The van der Waals surface area contributed by atoms with Crippen LogP contribution in [0.4, 0.5) is 4.79 Å². The number of amides is 2. The first-order valence-electron chi connectivity index (χ1n) is 7.14. The van der Waals surface area contributed by atoms with Crippen LogP contribution >= 0.6 is 21.6 Å². The molecule has 0 aliphatic carbocycles. The lowest BCUT2D eigenvalue weighted by Gasteiger charge is -2.20. The number of carbonyl (C=O) groups is 4. The van der Waals surface area contributed by atoms with Crippen LogP contribution in [0.25, 0.3) is 0 Å². The molecule has 12 heteroatoms. The van der Waals surface area contributed by atoms with Gasteiger partial charge in [-0.1, -0.05) is 42.4 Å². The summed E-state index contributed by atoms with van der Waals surface area (Å²) in [6.07, 6.45) is -1.02. The smallest absolute Gasteiger partial charge is 0.407 e. The van der Waals surface area contributed by atoms with Gasteiger partial charge in [-0.25, -0.2) is 4.79 Å². The van der Waals surface area contributed by atoms with E-state index in [1.165, 1.54) is 21.6 Å². The normalized spacial score (nSPS) is 13.4. The predicted molar refractivity (Wildman–Crippen MR) is 94.3 cm³/mol. The summed E-state index contributed by atoms with van der Waals surface area (Å²) in [6, 6.07) is -2.43. The number of carboxylic acids is 2. The second-order valence-corrected chi connectivity index (χ2v) is 9.00. The first-order chi connectivity index (χ1) is 11.4. The third kappa shape index (κ3) is 12.4. The molecule has 0 rings (SSSR count). The zero-order valence-electron chi connectivity index (χ0n) is 14.1. The molecule has 6 N–H and O–H groups in total. The third-order valence-electron chi connectivity index (χ3n) is 2.28. The average molecular weight is 397 g/mol. The molecule has 0 aromatic carbocycles. The van der Waals surface area contributed by atoms with Crippen LogP contribution in [-0.2, 0) is 19.1 Å². The largest absolute Gasteiger partial charge is 0.480 e. The van der Waals surface area contributed by atoms with E-state index >= 15 is 0 Å². The van der Waals surface area contributed by atoms with Crippen LogP contribution < -0.4 is 16.4 Å². The van der Waals surface area contributed by atoms with Gasteiger partial charge in [0.2, 0.25) is 5.91 Å². The maximum atomic E-state index is 12.0. The second kappa shape index (κ2) is 11.1. The highest BCUT2D eigenvalue weighted by molar-refractivity contribution is 8.77. The minimum absolute atomic E-state index is 0.0818. The number of alkyl carbamates (subject to hydrolysis) is 1. The Morgan fingerprint density at radius 3 is 2.28 bits per heavy atom.